The molecule has 11 heavy (non-hydrogen) atoms. The van der Waals surface area contributed by atoms with Crippen molar-refractivity contribution in [2.24, 2.45) is 0 Å². The Labute approximate surface area is 65.2 Å². The van der Waals surface area contributed by atoms with Crippen LogP contribution in [-0.4, -0.2) is 28.6 Å². The summed E-state index contributed by atoms with van der Waals surface area (Å²) < 4.78 is 4.69. The lowest BCUT2D eigenvalue weighted by Crippen LogP contribution is -2.18. The van der Waals surface area contributed by atoms with Crippen LogP contribution in [0.15, 0.2) is 10.9 Å². The third-order valence-electron chi connectivity index (χ3n) is 2.20. The van der Waals surface area contributed by atoms with Gasteiger partial charge in [0, 0.05) is 0 Å². The summed E-state index contributed by atoms with van der Waals surface area (Å²) in [5, 5.41) is 3.82. The molecule has 0 bridgehead atoms. The fourth-order valence-electron chi connectivity index (χ4n) is 1.56. The first kappa shape index (κ1) is 6.79. The summed E-state index contributed by atoms with van der Waals surface area (Å²) in [6.45, 7) is 1.14. The number of likely N-dealkylation sites (tertiary alicyclic amines) is 1. The molecule has 2 heterocycles. The van der Waals surface area contributed by atoms with E-state index in [9.17, 15) is 0 Å². The number of rotatable bonds is 1. The zero-order chi connectivity index (χ0) is 7.68. The topological polar surface area (TPSA) is 42.2 Å². The van der Waals surface area contributed by atoms with Crippen LogP contribution in [0.4, 0.5) is 0 Å². The second-order valence-electron chi connectivity index (χ2n) is 2.93. The minimum atomic E-state index is 0.383. The number of hydrogen-bond acceptors (Lipinski definition) is 4. The van der Waals surface area contributed by atoms with Crippen LogP contribution in [0.5, 0.6) is 0 Å². The van der Waals surface area contributed by atoms with E-state index in [0.29, 0.717) is 6.04 Å². The predicted octanol–water partition coefficient (Wildman–Crippen LogP) is 0.836. The lowest BCUT2D eigenvalue weighted by atomic mass is 10.2. The Morgan fingerprint density at radius 2 is 2.64 bits per heavy atom. The number of hydrogen-bond donors (Lipinski definition) is 0. The summed E-state index contributed by atoms with van der Waals surface area (Å²) in [7, 11) is 2.09. The highest BCUT2D eigenvalue weighted by molar-refractivity contribution is 4.93. The maximum Gasteiger partial charge on any atom is 0.213 e. The van der Waals surface area contributed by atoms with Crippen LogP contribution in [0.3, 0.4) is 0 Å². The molecule has 0 amide bonds. The molecule has 0 saturated carbocycles. The van der Waals surface area contributed by atoms with Crippen molar-refractivity contribution in [3.63, 3.8) is 0 Å². The molecule has 1 aliphatic rings. The maximum atomic E-state index is 4.69. The highest BCUT2D eigenvalue weighted by atomic mass is 16.5. The average Bonchev–Trinajstić information content (AvgIpc) is 2.55. The Balaban J connectivity index is 2.16. The van der Waals surface area contributed by atoms with Crippen molar-refractivity contribution in [2.45, 2.75) is 18.9 Å². The van der Waals surface area contributed by atoms with Crippen molar-refractivity contribution in [3.05, 3.63) is 12.2 Å². The first-order valence-corrected chi connectivity index (χ1v) is 3.84. The summed E-state index contributed by atoms with van der Waals surface area (Å²) in [5.41, 5.74) is 0. The van der Waals surface area contributed by atoms with E-state index in [1.165, 1.54) is 12.8 Å². The quantitative estimate of drug-likeness (QED) is 0.599. The van der Waals surface area contributed by atoms with Gasteiger partial charge in [0.15, 0.2) is 5.82 Å². The summed E-state index contributed by atoms with van der Waals surface area (Å²) in [5.74, 6) is 0.824. The van der Waals surface area contributed by atoms with Crippen LogP contribution in [0.2, 0.25) is 0 Å². The van der Waals surface area contributed by atoms with Crippen molar-refractivity contribution in [1.29, 1.82) is 0 Å². The van der Waals surface area contributed by atoms with Gasteiger partial charge in [-0.1, -0.05) is 5.16 Å². The molecule has 1 aromatic heterocycles. The van der Waals surface area contributed by atoms with Gasteiger partial charge in [-0.25, -0.2) is 0 Å². The molecule has 1 aromatic rings. The normalized spacial score (nSPS) is 26.1. The fraction of sp³-hybridized carbons (Fsp3) is 0.714. The average molecular weight is 153 g/mol. The number of aromatic nitrogens is 2. The van der Waals surface area contributed by atoms with Crippen LogP contribution in [0.1, 0.15) is 24.7 Å². The van der Waals surface area contributed by atoms with Gasteiger partial charge in [-0.05, 0) is 26.4 Å². The first-order valence-electron chi connectivity index (χ1n) is 3.84. The zero-order valence-electron chi connectivity index (χ0n) is 6.53. The van der Waals surface area contributed by atoms with Gasteiger partial charge >= 0.3 is 0 Å². The highest BCUT2D eigenvalue weighted by Crippen LogP contribution is 2.27. The maximum absolute atomic E-state index is 4.69. The predicted molar refractivity (Wildman–Crippen MR) is 38.9 cm³/mol. The summed E-state index contributed by atoms with van der Waals surface area (Å²) in [6.07, 6.45) is 3.77. The second kappa shape index (κ2) is 2.62. The Kier molecular flexibility index (Phi) is 1.62. The molecule has 0 aliphatic carbocycles. The standard InChI is InChI=1S/C7H11N3O/c1-10-4-2-3-6(10)7-8-5-11-9-7/h5-6H,2-4H2,1H3. The minimum absolute atomic E-state index is 0.383. The molecule has 4 heteroatoms. The lowest BCUT2D eigenvalue weighted by molar-refractivity contribution is 0.294. The Bertz CT molecular complexity index is 222. The molecular formula is C7H11N3O. The van der Waals surface area contributed by atoms with Crippen LogP contribution in [0, 0.1) is 0 Å². The molecule has 1 fully saturated rings. The van der Waals surface area contributed by atoms with Crippen molar-refractivity contribution in [3.8, 4) is 0 Å². The molecule has 0 radical (unpaired) electrons. The van der Waals surface area contributed by atoms with Crippen LogP contribution in [0.25, 0.3) is 0 Å². The van der Waals surface area contributed by atoms with Gasteiger partial charge in [-0.3, -0.25) is 4.90 Å². The summed E-state index contributed by atoms with van der Waals surface area (Å²) >= 11 is 0. The van der Waals surface area contributed by atoms with Crippen molar-refractivity contribution in [2.75, 3.05) is 13.6 Å². The molecule has 1 saturated heterocycles. The van der Waals surface area contributed by atoms with E-state index in [1.54, 1.807) is 0 Å². The van der Waals surface area contributed by atoms with E-state index in [0.717, 1.165) is 18.8 Å². The zero-order valence-corrected chi connectivity index (χ0v) is 6.53. The Morgan fingerprint density at radius 3 is 3.18 bits per heavy atom. The van der Waals surface area contributed by atoms with Gasteiger partial charge in [-0.2, -0.15) is 4.98 Å². The monoisotopic (exact) mass is 153 g/mol. The summed E-state index contributed by atoms with van der Waals surface area (Å²) in [4.78, 5) is 6.28. The van der Waals surface area contributed by atoms with E-state index < -0.39 is 0 Å². The van der Waals surface area contributed by atoms with E-state index in [1.807, 2.05) is 0 Å². The Hall–Kier alpha value is -0.900. The van der Waals surface area contributed by atoms with Gasteiger partial charge in [0.2, 0.25) is 6.39 Å². The number of nitrogens with zero attached hydrogens (tertiary/aromatic N) is 3. The van der Waals surface area contributed by atoms with Gasteiger partial charge in [-0.15, -0.1) is 0 Å². The molecule has 60 valence electrons. The third-order valence-corrected chi connectivity index (χ3v) is 2.20. The lowest BCUT2D eigenvalue weighted by Gasteiger charge is -2.14. The van der Waals surface area contributed by atoms with E-state index >= 15 is 0 Å². The Morgan fingerprint density at radius 1 is 1.73 bits per heavy atom. The summed E-state index contributed by atoms with van der Waals surface area (Å²) in [6, 6.07) is 0.383. The molecule has 1 unspecified atom stereocenters. The largest absolute Gasteiger partial charge is 0.343 e. The molecule has 1 aliphatic heterocycles. The third kappa shape index (κ3) is 1.14. The molecule has 0 N–H and O–H groups in total. The van der Waals surface area contributed by atoms with Gasteiger partial charge in [0.05, 0.1) is 6.04 Å². The van der Waals surface area contributed by atoms with Crippen LogP contribution in [-0.2, 0) is 0 Å². The van der Waals surface area contributed by atoms with Crippen LogP contribution < -0.4 is 0 Å². The van der Waals surface area contributed by atoms with Crippen molar-refractivity contribution >= 4 is 0 Å². The molecular weight excluding hydrogens is 142 g/mol. The smallest absolute Gasteiger partial charge is 0.213 e. The second-order valence-corrected chi connectivity index (χ2v) is 2.93. The van der Waals surface area contributed by atoms with Crippen molar-refractivity contribution in [1.82, 2.24) is 15.0 Å². The van der Waals surface area contributed by atoms with Gasteiger partial charge < -0.3 is 4.52 Å². The molecule has 4 nitrogen and oxygen atoms in total. The molecule has 0 aromatic carbocycles. The highest BCUT2D eigenvalue weighted by Gasteiger charge is 2.25. The van der Waals surface area contributed by atoms with Crippen LogP contribution >= 0.6 is 0 Å². The minimum Gasteiger partial charge on any atom is -0.343 e. The van der Waals surface area contributed by atoms with Gasteiger partial charge in [0.1, 0.15) is 0 Å². The molecule has 0 spiro atoms. The van der Waals surface area contributed by atoms with Gasteiger partial charge in [0.25, 0.3) is 0 Å². The van der Waals surface area contributed by atoms with E-state index in [2.05, 4.69) is 26.6 Å². The first-order chi connectivity index (χ1) is 5.38. The SMILES string of the molecule is CN1CCCC1c1ncon1. The van der Waals surface area contributed by atoms with E-state index in [-0.39, 0.29) is 0 Å². The fourth-order valence-corrected chi connectivity index (χ4v) is 1.56. The van der Waals surface area contributed by atoms with Crippen molar-refractivity contribution < 1.29 is 4.52 Å². The molecule has 2 rings (SSSR count). The molecule has 1 atom stereocenters. The van der Waals surface area contributed by atoms with E-state index in [4.69, 9.17) is 0 Å².